The summed E-state index contributed by atoms with van der Waals surface area (Å²) in [7, 11) is 4.99. The molecule has 3 aromatic rings. The Morgan fingerprint density at radius 2 is 1.84 bits per heavy atom. The molecule has 0 aliphatic carbocycles. The van der Waals surface area contributed by atoms with Crippen LogP contribution >= 0.6 is 0 Å². The summed E-state index contributed by atoms with van der Waals surface area (Å²) in [5.74, 6) is 1.24. The van der Waals surface area contributed by atoms with E-state index in [1.807, 2.05) is 35.2 Å². The maximum Gasteiger partial charge on any atom is 0.272 e. The van der Waals surface area contributed by atoms with Gasteiger partial charge < -0.3 is 14.4 Å². The monoisotopic (exact) mass is 437 g/mol. The lowest BCUT2D eigenvalue weighted by Gasteiger charge is -2.24. The highest BCUT2D eigenvalue weighted by molar-refractivity contribution is 5.94. The van der Waals surface area contributed by atoms with E-state index in [2.05, 4.69) is 5.10 Å². The molecular weight excluding hydrogens is 409 g/mol. The van der Waals surface area contributed by atoms with Crippen molar-refractivity contribution in [2.45, 2.75) is 25.2 Å². The minimum atomic E-state index is -0.245. The van der Waals surface area contributed by atoms with Crippen LogP contribution in [0.25, 0.3) is 11.3 Å². The first kappa shape index (κ1) is 21.9. The van der Waals surface area contributed by atoms with Gasteiger partial charge in [0.25, 0.3) is 5.91 Å². The molecule has 0 spiro atoms. The maximum atomic E-state index is 13.5. The summed E-state index contributed by atoms with van der Waals surface area (Å²) in [6, 6.07) is 13.9. The number of likely N-dealkylation sites (tertiary alicyclic amines) is 1. The topological polar surface area (TPSA) is 56.6 Å². The van der Waals surface area contributed by atoms with E-state index in [1.165, 1.54) is 12.1 Å². The Bertz CT molecular complexity index is 1090. The third kappa shape index (κ3) is 4.47. The molecule has 32 heavy (non-hydrogen) atoms. The summed E-state index contributed by atoms with van der Waals surface area (Å²) < 4.78 is 25.8. The second-order valence-corrected chi connectivity index (χ2v) is 8.10. The maximum absolute atomic E-state index is 13.5. The molecule has 6 nitrogen and oxygen atoms in total. The minimum Gasteiger partial charge on any atom is -0.497 e. The average Bonchev–Trinajstić information content (AvgIpc) is 3.03. The lowest BCUT2D eigenvalue weighted by Crippen LogP contribution is -2.35. The predicted octanol–water partition coefficient (Wildman–Crippen LogP) is 4.65. The van der Waals surface area contributed by atoms with Crippen LogP contribution in [0.3, 0.4) is 0 Å². The molecule has 7 heteroatoms. The van der Waals surface area contributed by atoms with Crippen molar-refractivity contribution in [1.82, 2.24) is 14.7 Å². The summed E-state index contributed by atoms with van der Waals surface area (Å²) in [6.07, 6.45) is 2.95. The zero-order valence-corrected chi connectivity index (χ0v) is 18.7. The second-order valence-electron chi connectivity index (χ2n) is 8.10. The molecule has 1 fully saturated rings. The first-order valence-electron chi connectivity index (χ1n) is 10.8. The number of hydrogen-bond acceptors (Lipinski definition) is 4. The number of halogens is 1. The number of ether oxygens (including phenoxy) is 2. The Labute approximate surface area is 187 Å². The largest absolute Gasteiger partial charge is 0.497 e. The Balaban J connectivity index is 1.61. The smallest absolute Gasteiger partial charge is 0.272 e. The van der Waals surface area contributed by atoms with Crippen molar-refractivity contribution in [3.8, 4) is 22.8 Å². The lowest BCUT2D eigenvalue weighted by atomic mass is 9.94. The molecule has 1 aromatic heterocycles. The summed E-state index contributed by atoms with van der Waals surface area (Å²) in [5, 5.41) is 4.58. The summed E-state index contributed by atoms with van der Waals surface area (Å²) in [6.45, 7) is 1.30. The Hall–Kier alpha value is -3.35. The molecule has 0 saturated carbocycles. The SMILES string of the molecule is COc1ccc(OC)c(-c2cc(C(=O)N3CCCC[C@@H](c4ccc(F)cc4)C3)n(C)n2)c1. The third-order valence-corrected chi connectivity index (χ3v) is 6.08. The highest BCUT2D eigenvalue weighted by Gasteiger charge is 2.27. The van der Waals surface area contributed by atoms with Gasteiger partial charge in [-0.05, 0) is 54.8 Å². The quantitative estimate of drug-likeness (QED) is 0.583. The van der Waals surface area contributed by atoms with Gasteiger partial charge in [0.1, 0.15) is 23.0 Å². The van der Waals surface area contributed by atoms with Crippen LogP contribution in [0.1, 0.15) is 41.2 Å². The van der Waals surface area contributed by atoms with Crippen LogP contribution in [0.15, 0.2) is 48.5 Å². The molecule has 1 aliphatic heterocycles. The van der Waals surface area contributed by atoms with Crippen LogP contribution in [0.4, 0.5) is 4.39 Å². The molecular formula is C25H28FN3O3. The highest BCUT2D eigenvalue weighted by Crippen LogP contribution is 2.33. The number of amides is 1. The summed E-state index contributed by atoms with van der Waals surface area (Å²) in [5.41, 5.74) is 3.00. The molecule has 0 unspecified atom stereocenters. The Kier molecular flexibility index (Phi) is 6.44. The average molecular weight is 438 g/mol. The van der Waals surface area contributed by atoms with Gasteiger partial charge >= 0.3 is 0 Å². The van der Waals surface area contributed by atoms with E-state index in [4.69, 9.17) is 9.47 Å². The van der Waals surface area contributed by atoms with Crippen LogP contribution in [0.2, 0.25) is 0 Å². The molecule has 4 rings (SSSR count). The number of aryl methyl sites for hydroxylation is 1. The lowest BCUT2D eigenvalue weighted by molar-refractivity contribution is 0.0743. The molecule has 1 saturated heterocycles. The zero-order valence-electron chi connectivity index (χ0n) is 18.7. The van der Waals surface area contributed by atoms with Crippen molar-refractivity contribution in [3.63, 3.8) is 0 Å². The van der Waals surface area contributed by atoms with Crippen LogP contribution in [-0.4, -0.2) is 47.9 Å². The normalized spacial score (nSPS) is 16.5. The molecule has 1 amide bonds. The van der Waals surface area contributed by atoms with Gasteiger partial charge in [-0.2, -0.15) is 5.10 Å². The van der Waals surface area contributed by atoms with Crippen molar-refractivity contribution in [1.29, 1.82) is 0 Å². The first-order chi connectivity index (χ1) is 15.5. The van der Waals surface area contributed by atoms with E-state index in [0.29, 0.717) is 36.0 Å². The third-order valence-electron chi connectivity index (χ3n) is 6.08. The van der Waals surface area contributed by atoms with E-state index in [0.717, 1.165) is 30.4 Å². The number of aromatic nitrogens is 2. The van der Waals surface area contributed by atoms with Crippen molar-refractivity contribution in [2.24, 2.45) is 7.05 Å². The van der Waals surface area contributed by atoms with Crippen molar-refractivity contribution >= 4 is 5.91 Å². The van der Waals surface area contributed by atoms with E-state index in [9.17, 15) is 9.18 Å². The van der Waals surface area contributed by atoms with Gasteiger partial charge in [-0.15, -0.1) is 0 Å². The molecule has 0 bridgehead atoms. The van der Waals surface area contributed by atoms with E-state index in [-0.39, 0.29) is 17.6 Å². The van der Waals surface area contributed by atoms with Gasteiger partial charge in [0.05, 0.1) is 19.9 Å². The number of carbonyl (C=O) groups excluding carboxylic acids is 1. The van der Waals surface area contributed by atoms with Gasteiger partial charge in [-0.1, -0.05) is 18.6 Å². The molecule has 1 aliphatic rings. The first-order valence-corrected chi connectivity index (χ1v) is 10.8. The molecule has 1 atom stereocenters. The van der Waals surface area contributed by atoms with Crippen LogP contribution in [-0.2, 0) is 7.05 Å². The Morgan fingerprint density at radius 1 is 1.06 bits per heavy atom. The number of nitrogens with zero attached hydrogens (tertiary/aromatic N) is 3. The summed E-state index contributed by atoms with van der Waals surface area (Å²) in [4.78, 5) is 15.4. The molecule has 2 heterocycles. The van der Waals surface area contributed by atoms with Gasteiger partial charge in [-0.3, -0.25) is 9.48 Å². The molecule has 0 N–H and O–H groups in total. The van der Waals surface area contributed by atoms with Gasteiger partial charge in [0.15, 0.2) is 0 Å². The minimum absolute atomic E-state index is 0.0536. The van der Waals surface area contributed by atoms with Crippen molar-refractivity contribution in [3.05, 3.63) is 65.6 Å². The standard InChI is InChI=1S/C25H28FN3O3/c1-28-23(15-22(27-28)21-14-20(31-2)11-12-24(21)32-3)25(30)29-13-5-4-6-18(16-29)17-7-9-19(26)10-8-17/h7-12,14-15,18H,4-6,13,16H2,1-3H3/t18-/m1/s1. The number of rotatable bonds is 5. The number of carbonyl (C=O) groups is 1. The predicted molar refractivity (Wildman–Crippen MR) is 121 cm³/mol. The summed E-state index contributed by atoms with van der Waals surface area (Å²) >= 11 is 0. The Morgan fingerprint density at radius 3 is 2.56 bits per heavy atom. The van der Waals surface area contributed by atoms with Crippen LogP contribution in [0, 0.1) is 5.82 Å². The fourth-order valence-corrected chi connectivity index (χ4v) is 4.31. The number of methoxy groups -OCH3 is 2. The highest BCUT2D eigenvalue weighted by atomic mass is 19.1. The fraction of sp³-hybridized carbons (Fsp3) is 0.360. The fourth-order valence-electron chi connectivity index (χ4n) is 4.31. The van der Waals surface area contributed by atoms with Gasteiger partial charge in [0, 0.05) is 31.6 Å². The van der Waals surface area contributed by atoms with E-state index >= 15 is 0 Å². The van der Waals surface area contributed by atoms with Crippen molar-refractivity contribution < 1.29 is 18.7 Å². The van der Waals surface area contributed by atoms with Gasteiger partial charge in [-0.25, -0.2) is 4.39 Å². The van der Waals surface area contributed by atoms with Crippen LogP contribution in [0.5, 0.6) is 11.5 Å². The van der Waals surface area contributed by atoms with Crippen molar-refractivity contribution in [2.75, 3.05) is 27.3 Å². The molecule has 2 aromatic carbocycles. The molecule has 0 radical (unpaired) electrons. The van der Waals surface area contributed by atoms with Crippen LogP contribution < -0.4 is 9.47 Å². The van der Waals surface area contributed by atoms with Gasteiger partial charge in [0.2, 0.25) is 0 Å². The molecule has 168 valence electrons. The number of hydrogen-bond donors (Lipinski definition) is 0. The second kappa shape index (κ2) is 9.42. The van der Waals surface area contributed by atoms with E-state index in [1.54, 1.807) is 32.0 Å². The number of benzene rings is 2. The zero-order chi connectivity index (χ0) is 22.7. The van der Waals surface area contributed by atoms with E-state index < -0.39 is 0 Å².